The van der Waals surface area contributed by atoms with Crippen molar-refractivity contribution < 1.29 is 9.53 Å². The third kappa shape index (κ3) is 3.82. The van der Waals surface area contributed by atoms with Crippen molar-refractivity contribution >= 4 is 22.9 Å². The first-order valence-corrected chi connectivity index (χ1v) is 7.28. The minimum atomic E-state index is -0.0853. The van der Waals surface area contributed by atoms with Crippen molar-refractivity contribution in [3.05, 3.63) is 46.7 Å². The average molecular weight is 290 g/mol. The Morgan fingerprint density at radius 2 is 2.10 bits per heavy atom. The number of nitrogens with one attached hydrogen (secondary N) is 2. The molecule has 0 saturated carbocycles. The molecule has 0 fully saturated rings. The van der Waals surface area contributed by atoms with Crippen molar-refractivity contribution in [2.75, 3.05) is 19.0 Å². The Balaban J connectivity index is 1.86. The number of hydrogen-bond donors (Lipinski definition) is 2. The summed E-state index contributed by atoms with van der Waals surface area (Å²) in [7, 11) is 1.59. The molecule has 20 heavy (non-hydrogen) atoms. The topological polar surface area (TPSA) is 50.4 Å². The van der Waals surface area contributed by atoms with E-state index in [2.05, 4.69) is 16.7 Å². The molecule has 0 radical (unpaired) electrons. The van der Waals surface area contributed by atoms with Crippen LogP contribution in [0.15, 0.2) is 41.8 Å². The Morgan fingerprint density at radius 1 is 1.30 bits per heavy atom. The molecule has 0 aliphatic rings. The number of anilines is 1. The first-order valence-electron chi connectivity index (χ1n) is 6.40. The van der Waals surface area contributed by atoms with Crippen LogP contribution in [0.2, 0.25) is 0 Å². The molecule has 0 aliphatic heterocycles. The minimum absolute atomic E-state index is 0.0853. The van der Waals surface area contributed by atoms with Crippen LogP contribution in [0, 0.1) is 0 Å². The number of methoxy groups -OCH3 is 1. The van der Waals surface area contributed by atoms with Crippen molar-refractivity contribution in [3.63, 3.8) is 0 Å². The Labute approximate surface area is 122 Å². The average Bonchev–Trinajstić information content (AvgIpc) is 2.99. The summed E-state index contributed by atoms with van der Waals surface area (Å²) in [6, 6.07) is 11.6. The van der Waals surface area contributed by atoms with E-state index >= 15 is 0 Å². The van der Waals surface area contributed by atoms with Crippen LogP contribution in [0.5, 0.6) is 5.75 Å². The summed E-state index contributed by atoms with van der Waals surface area (Å²) in [6.07, 6.45) is 0. The number of carbonyl (C=O) groups excluding carboxylic acids is 1. The maximum Gasteiger partial charge on any atom is 0.238 e. The summed E-state index contributed by atoms with van der Waals surface area (Å²) in [5.41, 5.74) is 0.686. The maximum absolute atomic E-state index is 11.9. The van der Waals surface area contributed by atoms with Gasteiger partial charge in [0.05, 0.1) is 19.3 Å². The number of benzene rings is 1. The number of amides is 1. The molecule has 4 nitrogen and oxygen atoms in total. The zero-order chi connectivity index (χ0) is 14.4. The number of para-hydroxylation sites is 2. The van der Waals surface area contributed by atoms with E-state index in [1.165, 1.54) is 4.88 Å². The van der Waals surface area contributed by atoms with Crippen LogP contribution >= 0.6 is 11.3 Å². The predicted octanol–water partition coefficient (Wildman–Crippen LogP) is 3.05. The van der Waals surface area contributed by atoms with E-state index in [9.17, 15) is 4.79 Å². The first kappa shape index (κ1) is 14.6. The van der Waals surface area contributed by atoms with Crippen LogP contribution < -0.4 is 15.4 Å². The second kappa shape index (κ2) is 7.07. The number of carbonyl (C=O) groups is 1. The smallest absolute Gasteiger partial charge is 0.238 e. The first-order chi connectivity index (χ1) is 9.70. The predicted molar refractivity (Wildman–Crippen MR) is 82.4 cm³/mol. The zero-order valence-corrected chi connectivity index (χ0v) is 12.4. The van der Waals surface area contributed by atoms with Crippen LogP contribution in [-0.2, 0) is 4.79 Å². The second-order valence-electron chi connectivity index (χ2n) is 4.37. The van der Waals surface area contributed by atoms with Crippen molar-refractivity contribution in [3.8, 4) is 5.75 Å². The van der Waals surface area contributed by atoms with E-state index < -0.39 is 0 Å². The van der Waals surface area contributed by atoms with Crippen LogP contribution in [0.25, 0.3) is 0 Å². The SMILES string of the molecule is COc1ccccc1NC(=O)CN[C@@H](C)c1cccs1. The summed E-state index contributed by atoms with van der Waals surface area (Å²) in [5.74, 6) is 0.574. The Bertz CT molecular complexity index is 555. The van der Waals surface area contributed by atoms with Gasteiger partial charge in [0.15, 0.2) is 0 Å². The molecule has 0 aliphatic carbocycles. The quantitative estimate of drug-likeness (QED) is 0.859. The fourth-order valence-electron chi connectivity index (χ4n) is 1.83. The second-order valence-corrected chi connectivity index (χ2v) is 5.35. The van der Waals surface area contributed by atoms with Gasteiger partial charge in [-0.2, -0.15) is 0 Å². The molecule has 1 amide bonds. The lowest BCUT2D eigenvalue weighted by molar-refractivity contribution is -0.115. The highest BCUT2D eigenvalue weighted by Gasteiger charge is 2.10. The molecule has 2 aromatic rings. The maximum atomic E-state index is 11.9. The molecule has 0 unspecified atom stereocenters. The van der Waals surface area contributed by atoms with Crippen LogP contribution in [0.3, 0.4) is 0 Å². The summed E-state index contributed by atoms with van der Waals surface area (Å²) < 4.78 is 5.20. The van der Waals surface area contributed by atoms with Gasteiger partial charge in [-0.3, -0.25) is 4.79 Å². The molecule has 1 aromatic heterocycles. The van der Waals surface area contributed by atoms with E-state index in [-0.39, 0.29) is 18.5 Å². The number of ether oxygens (including phenoxy) is 1. The van der Waals surface area contributed by atoms with E-state index in [1.807, 2.05) is 42.6 Å². The zero-order valence-electron chi connectivity index (χ0n) is 11.6. The molecule has 1 heterocycles. The highest BCUT2D eigenvalue weighted by atomic mass is 32.1. The molecule has 5 heteroatoms. The molecule has 2 rings (SSSR count). The van der Waals surface area contributed by atoms with Gasteiger partial charge in [-0.1, -0.05) is 18.2 Å². The summed E-state index contributed by atoms with van der Waals surface area (Å²) in [4.78, 5) is 13.1. The molecule has 0 saturated heterocycles. The number of rotatable bonds is 6. The van der Waals surface area contributed by atoms with E-state index in [4.69, 9.17) is 4.74 Å². The van der Waals surface area contributed by atoms with E-state index in [0.717, 1.165) is 0 Å². The molecule has 1 aromatic carbocycles. The van der Waals surface area contributed by atoms with Crippen LogP contribution in [0.4, 0.5) is 5.69 Å². The van der Waals surface area contributed by atoms with Crippen LogP contribution in [-0.4, -0.2) is 19.6 Å². The van der Waals surface area contributed by atoms with Gasteiger partial charge in [0.1, 0.15) is 5.75 Å². The minimum Gasteiger partial charge on any atom is -0.495 e. The van der Waals surface area contributed by atoms with Crippen molar-refractivity contribution in [2.24, 2.45) is 0 Å². The summed E-state index contributed by atoms with van der Waals surface area (Å²) in [5, 5.41) is 8.07. The fourth-order valence-corrected chi connectivity index (χ4v) is 2.59. The van der Waals surface area contributed by atoms with Gasteiger partial charge in [-0.15, -0.1) is 11.3 Å². The van der Waals surface area contributed by atoms with E-state index in [0.29, 0.717) is 11.4 Å². The normalized spacial score (nSPS) is 11.9. The lowest BCUT2D eigenvalue weighted by Gasteiger charge is -2.13. The molecule has 0 spiro atoms. The van der Waals surface area contributed by atoms with Crippen molar-refractivity contribution in [1.29, 1.82) is 0 Å². The third-order valence-corrected chi connectivity index (χ3v) is 3.97. The molecule has 2 N–H and O–H groups in total. The molecular formula is C15H18N2O2S. The van der Waals surface area contributed by atoms with Gasteiger partial charge in [0.25, 0.3) is 0 Å². The van der Waals surface area contributed by atoms with Gasteiger partial charge >= 0.3 is 0 Å². The summed E-state index contributed by atoms with van der Waals surface area (Å²) >= 11 is 1.68. The monoisotopic (exact) mass is 290 g/mol. The molecule has 106 valence electrons. The lowest BCUT2D eigenvalue weighted by Crippen LogP contribution is -2.29. The number of hydrogen-bond acceptors (Lipinski definition) is 4. The van der Waals surface area contributed by atoms with Crippen molar-refractivity contribution in [2.45, 2.75) is 13.0 Å². The van der Waals surface area contributed by atoms with Crippen molar-refractivity contribution in [1.82, 2.24) is 5.32 Å². The fraction of sp³-hybridized carbons (Fsp3) is 0.267. The Morgan fingerprint density at radius 3 is 2.80 bits per heavy atom. The highest BCUT2D eigenvalue weighted by molar-refractivity contribution is 7.10. The van der Waals surface area contributed by atoms with Gasteiger partial charge in [0, 0.05) is 10.9 Å². The molecule has 1 atom stereocenters. The third-order valence-electron chi connectivity index (χ3n) is 2.92. The van der Waals surface area contributed by atoms with Gasteiger partial charge in [-0.05, 0) is 30.5 Å². The van der Waals surface area contributed by atoms with Crippen LogP contribution in [0.1, 0.15) is 17.8 Å². The largest absolute Gasteiger partial charge is 0.495 e. The lowest BCUT2D eigenvalue weighted by atomic mass is 10.2. The Kier molecular flexibility index (Phi) is 5.15. The van der Waals surface area contributed by atoms with Gasteiger partial charge in [0.2, 0.25) is 5.91 Å². The molecule has 0 bridgehead atoms. The highest BCUT2D eigenvalue weighted by Crippen LogP contribution is 2.23. The van der Waals surface area contributed by atoms with Gasteiger partial charge < -0.3 is 15.4 Å². The van der Waals surface area contributed by atoms with E-state index in [1.54, 1.807) is 18.4 Å². The number of thiophene rings is 1. The standard InChI is InChI=1S/C15H18N2O2S/c1-11(14-8-5-9-20-14)16-10-15(18)17-12-6-3-4-7-13(12)19-2/h3-9,11,16H,10H2,1-2H3,(H,17,18)/t11-/m0/s1. The molecular weight excluding hydrogens is 272 g/mol. The summed E-state index contributed by atoms with van der Waals surface area (Å²) in [6.45, 7) is 2.30. The Hall–Kier alpha value is -1.85. The van der Waals surface area contributed by atoms with Gasteiger partial charge in [-0.25, -0.2) is 0 Å².